The highest BCUT2D eigenvalue weighted by molar-refractivity contribution is 6.34. The molecule has 1 aromatic rings. The van der Waals surface area contributed by atoms with Crippen molar-refractivity contribution in [2.75, 3.05) is 0 Å². The van der Waals surface area contributed by atoms with Crippen molar-refractivity contribution in [2.45, 2.75) is 12.8 Å². The summed E-state index contributed by atoms with van der Waals surface area (Å²) in [5, 5.41) is 1.04. The number of pyridine rings is 1. The van der Waals surface area contributed by atoms with Gasteiger partial charge in [-0.15, -0.1) is 12.3 Å². The van der Waals surface area contributed by atoms with E-state index in [9.17, 15) is 0 Å². The van der Waals surface area contributed by atoms with Crippen LogP contribution in [0.5, 0.6) is 0 Å². The smallest absolute Gasteiger partial charge is 0.130 e. The van der Waals surface area contributed by atoms with Gasteiger partial charge in [0.15, 0.2) is 0 Å². The van der Waals surface area contributed by atoms with Crippen molar-refractivity contribution in [3.05, 3.63) is 28.0 Å². The van der Waals surface area contributed by atoms with E-state index in [4.69, 9.17) is 29.6 Å². The van der Waals surface area contributed by atoms with Crippen molar-refractivity contribution in [2.24, 2.45) is 0 Å². The summed E-state index contributed by atoms with van der Waals surface area (Å²) in [5.41, 5.74) is 0.944. The Morgan fingerprint density at radius 3 is 2.83 bits per heavy atom. The van der Waals surface area contributed by atoms with E-state index in [-0.39, 0.29) is 0 Å². The summed E-state index contributed by atoms with van der Waals surface area (Å²) in [4.78, 5) is 3.91. The molecule has 0 aliphatic heterocycles. The predicted octanol–water partition coefficient (Wildman–Crippen LogP) is 2.95. The fraction of sp³-hybridized carbons (Fsp3) is 0.222. The Hall–Kier alpha value is -0.710. The predicted molar refractivity (Wildman–Crippen MR) is 51.4 cm³/mol. The van der Waals surface area contributed by atoms with E-state index >= 15 is 0 Å². The molecule has 0 N–H and O–H groups in total. The molecule has 62 valence electrons. The molecule has 1 nitrogen and oxygen atoms in total. The molecule has 0 amide bonds. The molecule has 0 saturated heterocycles. The van der Waals surface area contributed by atoms with Crippen LogP contribution in [-0.4, -0.2) is 4.98 Å². The maximum Gasteiger partial charge on any atom is 0.130 e. The Labute approximate surface area is 81.7 Å². The Balaban J connectivity index is 2.81. The number of rotatable bonds is 2. The van der Waals surface area contributed by atoms with Crippen LogP contribution < -0.4 is 0 Å². The summed E-state index contributed by atoms with van der Waals surface area (Å²) in [6.45, 7) is 0. The highest BCUT2D eigenvalue weighted by atomic mass is 35.5. The normalized spacial score (nSPS) is 9.42. The molecule has 0 spiro atoms. The third-order valence-electron chi connectivity index (χ3n) is 1.43. The number of nitrogens with zero attached hydrogens (tertiary/aromatic N) is 1. The van der Waals surface area contributed by atoms with Gasteiger partial charge in [0, 0.05) is 17.6 Å². The van der Waals surface area contributed by atoms with Crippen LogP contribution in [-0.2, 0) is 6.42 Å². The lowest BCUT2D eigenvalue weighted by molar-refractivity contribution is 1.01. The minimum atomic E-state index is 0.407. The molecule has 0 atom stereocenters. The lowest BCUT2D eigenvalue weighted by atomic mass is 10.2. The third-order valence-corrected chi connectivity index (χ3v) is 1.99. The van der Waals surface area contributed by atoms with Crippen molar-refractivity contribution in [3.8, 4) is 12.3 Å². The summed E-state index contributed by atoms with van der Waals surface area (Å²) in [6.07, 6.45) is 8.19. The van der Waals surface area contributed by atoms with Crippen LogP contribution in [0.3, 0.4) is 0 Å². The second-order valence-corrected chi connectivity index (χ2v) is 3.10. The molecule has 0 unspecified atom stereocenters. The maximum absolute atomic E-state index is 5.87. The van der Waals surface area contributed by atoms with Crippen LogP contribution in [0, 0.1) is 12.3 Å². The van der Waals surface area contributed by atoms with Crippen molar-refractivity contribution < 1.29 is 0 Å². The fourth-order valence-electron chi connectivity index (χ4n) is 0.827. The molecular weight excluding hydrogens is 193 g/mol. The highest BCUT2D eigenvalue weighted by Crippen LogP contribution is 2.19. The molecule has 0 aromatic carbocycles. The molecule has 12 heavy (non-hydrogen) atoms. The zero-order chi connectivity index (χ0) is 8.97. The summed E-state index contributed by atoms with van der Waals surface area (Å²) in [7, 11) is 0. The Bertz CT molecular complexity index is 315. The number of terminal acetylenes is 1. The summed E-state index contributed by atoms with van der Waals surface area (Å²) >= 11 is 11.5. The monoisotopic (exact) mass is 199 g/mol. The van der Waals surface area contributed by atoms with Gasteiger partial charge in [0.25, 0.3) is 0 Å². The molecule has 3 heteroatoms. The van der Waals surface area contributed by atoms with Gasteiger partial charge in [-0.05, 0) is 18.1 Å². The van der Waals surface area contributed by atoms with E-state index in [2.05, 4.69) is 10.9 Å². The van der Waals surface area contributed by atoms with Gasteiger partial charge in [-0.3, -0.25) is 0 Å². The van der Waals surface area contributed by atoms with Gasteiger partial charge in [-0.25, -0.2) is 4.98 Å². The lowest BCUT2D eigenvalue weighted by Crippen LogP contribution is -1.87. The first kappa shape index (κ1) is 9.38. The third kappa shape index (κ3) is 2.41. The van der Waals surface area contributed by atoms with Gasteiger partial charge >= 0.3 is 0 Å². The molecule has 0 radical (unpaired) electrons. The SMILES string of the molecule is C#CCCc1cnc(Cl)cc1Cl. The minimum absolute atomic E-state index is 0.407. The average Bonchev–Trinajstić information content (AvgIpc) is 2.03. The van der Waals surface area contributed by atoms with Crippen LogP contribution in [0.2, 0.25) is 10.2 Å². The molecule has 0 saturated carbocycles. The summed E-state index contributed by atoms with van der Waals surface area (Å²) < 4.78 is 0. The molecule has 0 aliphatic carbocycles. The molecule has 0 fully saturated rings. The molecule has 1 heterocycles. The number of halogens is 2. The van der Waals surface area contributed by atoms with E-state index < -0.39 is 0 Å². The van der Waals surface area contributed by atoms with Crippen LogP contribution in [0.15, 0.2) is 12.3 Å². The van der Waals surface area contributed by atoms with E-state index in [1.807, 2.05) is 0 Å². The fourth-order valence-corrected chi connectivity index (χ4v) is 1.29. The first-order chi connectivity index (χ1) is 5.74. The lowest BCUT2D eigenvalue weighted by Gasteiger charge is -2.00. The van der Waals surface area contributed by atoms with Crippen molar-refractivity contribution in [1.82, 2.24) is 4.98 Å². The van der Waals surface area contributed by atoms with E-state index in [1.165, 1.54) is 0 Å². The van der Waals surface area contributed by atoms with Crippen molar-refractivity contribution in [3.63, 3.8) is 0 Å². The number of hydrogen-bond acceptors (Lipinski definition) is 1. The van der Waals surface area contributed by atoms with Gasteiger partial charge in [-0.2, -0.15) is 0 Å². The standard InChI is InChI=1S/C9H7Cl2N/c1-2-3-4-7-6-12-9(11)5-8(7)10/h1,5-6H,3-4H2. The molecule has 1 rings (SSSR count). The topological polar surface area (TPSA) is 12.9 Å². The van der Waals surface area contributed by atoms with E-state index in [1.54, 1.807) is 12.3 Å². The van der Waals surface area contributed by atoms with Gasteiger partial charge in [-0.1, -0.05) is 23.2 Å². The Morgan fingerprint density at radius 2 is 2.25 bits per heavy atom. The zero-order valence-electron chi connectivity index (χ0n) is 6.35. The van der Waals surface area contributed by atoms with Crippen LogP contribution in [0.25, 0.3) is 0 Å². The quantitative estimate of drug-likeness (QED) is 0.528. The van der Waals surface area contributed by atoms with Gasteiger partial charge in [0.2, 0.25) is 0 Å². The van der Waals surface area contributed by atoms with Gasteiger partial charge in [0.1, 0.15) is 5.15 Å². The Morgan fingerprint density at radius 1 is 1.50 bits per heavy atom. The van der Waals surface area contributed by atoms with Crippen LogP contribution in [0.1, 0.15) is 12.0 Å². The van der Waals surface area contributed by atoms with Crippen molar-refractivity contribution >= 4 is 23.2 Å². The van der Waals surface area contributed by atoms with Crippen molar-refractivity contribution in [1.29, 1.82) is 0 Å². The second-order valence-electron chi connectivity index (χ2n) is 2.30. The van der Waals surface area contributed by atoms with Gasteiger partial charge in [0.05, 0.1) is 0 Å². The largest absolute Gasteiger partial charge is 0.244 e. The molecule has 0 bridgehead atoms. The van der Waals surface area contributed by atoms with Gasteiger partial charge < -0.3 is 0 Å². The minimum Gasteiger partial charge on any atom is -0.244 e. The first-order valence-electron chi connectivity index (χ1n) is 3.47. The summed E-state index contributed by atoms with van der Waals surface area (Å²) in [5.74, 6) is 2.54. The molecular formula is C9H7Cl2N. The average molecular weight is 200 g/mol. The second kappa shape index (κ2) is 4.35. The number of hydrogen-bond donors (Lipinski definition) is 0. The van der Waals surface area contributed by atoms with Crippen LogP contribution >= 0.6 is 23.2 Å². The first-order valence-corrected chi connectivity index (χ1v) is 4.23. The highest BCUT2D eigenvalue weighted by Gasteiger charge is 2.00. The molecule has 1 aromatic heterocycles. The number of aromatic nitrogens is 1. The summed E-state index contributed by atoms with van der Waals surface area (Å²) in [6, 6.07) is 1.62. The zero-order valence-corrected chi connectivity index (χ0v) is 7.86. The number of aryl methyl sites for hydroxylation is 1. The maximum atomic E-state index is 5.87. The Kier molecular flexibility index (Phi) is 3.40. The van der Waals surface area contributed by atoms with E-state index in [0.29, 0.717) is 16.6 Å². The van der Waals surface area contributed by atoms with E-state index in [0.717, 1.165) is 12.0 Å². The molecule has 0 aliphatic rings. The van der Waals surface area contributed by atoms with Crippen LogP contribution in [0.4, 0.5) is 0 Å².